The van der Waals surface area contributed by atoms with Crippen LogP contribution in [0.25, 0.3) is 0 Å². The summed E-state index contributed by atoms with van der Waals surface area (Å²) >= 11 is 0. The number of rotatable bonds is 2. The van der Waals surface area contributed by atoms with Crippen LogP contribution >= 0.6 is 0 Å². The molecule has 0 radical (unpaired) electrons. The quantitative estimate of drug-likeness (QED) is 0.881. The summed E-state index contributed by atoms with van der Waals surface area (Å²) in [6, 6.07) is 4.79. The number of benzene rings is 1. The van der Waals surface area contributed by atoms with Crippen molar-refractivity contribution in [3.05, 3.63) is 29.3 Å². The van der Waals surface area contributed by atoms with Crippen LogP contribution in [-0.2, 0) is 11.0 Å². The number of amides is 1. The van der Waals surface area contributed by atoms with Crippen LogP contribution in [0.3, 0.4) is 0 Å². The lowest BCUT2D eigenvalue weighted by Gasteiger charge is -2.22. The second kappa shape index (κ2) is 6.14. The SMILES string of the molecule is N#Cc1ccc(NC(=O)C2CCNCC2)c(C(F)(F)F)c1. The van der Waals surface area contributed by atoms with Crippen LogP contribution in [0.15, 0.2) is 18.2 Å². The zero-order valence-electron chi connectivity index (χ0n) is 11.1. The molecule has 4 nitrogen and oxygen atoms in total. The molecule has 1 aromatic rings. The normalized spacial score (nSPS) is 16.3. The highest BCUT2D eigenvalue weighted by Crippen LogP contribution is 2.35. The fourth-order valence-corrected chi connectivity index (χ4v) is 2.28. The Bertz CT molecular complexity index is 572. The maximum atomic E-state index is 13.0. The Balaban J connectivity index is 2.23. The number of alkyl halides is 3. The molecule has 1 aliphatic rings. The van der Waals surface area contributed by atoms with E-state index in [4.69, 9.17) is 5.26 Å². The van der Waals surface area contributed by atoms with E-state index in [-0.39, 0.29) is 17.2 Å². The van der Waals surface area contributed by atoms with Crippen LogP contribution < -0.4 is 10.6 Å². The second-order valence-corrected chi connectivity index (χ2v) is 4.88. The Morgan fingerprint density at radius 1 is 1.33 bits per heavy atom. The van der Waals surface area contributed by atoms with Crippen molar-refractivity contribution in [3.63, 3.8) is 0 Å². The molecule has 1 aliphatic heterocycles. The van der Waals surface area contributed by atoms with Gasteiger partial charge in [0.1, 0.15) is 0 Å². The zero-order chi connectivity index (χ0) is 15.5. The van der Waals surface area contributed by atoms with Crippen molar-refractivity contribution in [2.75, 3.05) is 18.4 Å². The molecule has 0 aromatic heterocycles. The number of carbonyl (C=O) groups excluding carboxylic acids is 1. The van der Waals surface area contributed by atoms with Crippen molar-refractivity contribution in [3.8, 4) is 6.07 Å². The van der Waals surface area contributed by atoms with Crippen LogP contribution in [0, 0.1) is 17.2 Å². The Kier molecular flexibility index (Phi) is 4.48. The Hall–Kier alpha value is -2.07. The smallest absolute Gasteiger partial charge is 0.325 e. The number of carbonyl (C=O) groups is 1. The van der Waals surface area contributed by atoms with E-state index in [9.17, 15) is 18.0 Å². The summed E-state index contributed by atoms with van der Waals surface area (Å²) in [5.41, 5.74) is -1.39. The molecule has 1 saturated heterocycles. The maximum Gasteiger partial charge on any atom is 0.418 e. The molecule has 7 heteroatoms. The van der Waals surface area contributed by atoms with E-state index in [1.165, 1.54) is 6.07 Å². The largest absolute Gasteiger partial charge is 0.418 e. The van der Waals surface area contributed by atoms with Gasteiger partial charge in [-0.1, -0.05) is 0 Å². The number of halogens is 3. The molecule has 112 valence electrons. The van der Waals surface area contributed by atoms with Crippen LogP contribution in [0.5, 0.6) is 0 Å². The van der Waals surface area contributed by atoms with Gasteiger partial charge in [0.05, 0.1) is 22.9 Å². The molecule has 0 bridgehead atoms. The topological polar surface area (TPSA) is 64.9 Å². The first kappa shape index (κ1) is 15.3. The van der Waals surface area contributed by atoms with Gasteiger partial charge in [-0.2, -0.15) is 18.4 Å². The highest BCUT2D eigenvalue weighted by molar-refractivity contribution is 5.93. The highest BCUT2D eigenvalue weighted by atomic mass is 19.4. The van der Waals surface area contributed by atoms with E-state index in [1.54, 1.807) is 6.07 Å². The molecule has 0 unspecified atom stereocenters. The third-order valence-electron chi connectivity index (χ3n) is 3.42. The first-order chi connectivity index (χ1) is 9.91. The standard InChI is InChI=1S/C14H14F3N3O/c15-14(16,17)11-7-9(8-18)1-2-12(11)20-13(21)10-3-5-19-6-4-10/h1-2,7,10,19H,3-6H2,(H,20,21). The molecule has 0 atom stereocenters. The molecular formula is C14H14F3N3O. The Morgan fingerprint density at radius 2 is 2.00 bits per heavy atom. The molecule has 1 fully saturated rings. The molecule has 0 saturated carbocycles. The van der Waals surface area contributed by atoms with E-state index < -0.39 is 17.6 Å². The molecule has 1 amide bonds. The lowest BCUT2D eigenvalue weighted by molar-refractivity contribution is -0.137. The molecule has 0 spiro atoms. The third-order valence-corrected chi connectivity index (χ3v) is 3.42. The summed E-state index contributed by atoms with van der Waals surface area (Å²) in [5.74, 6) is -0.699. The van der Waals surface area contributed by atoms with Gasteiger partial charge < -0.3 is 10.6 Å². The number of piperidine rings is 1. The van der Waals surface area contributed by atoms with Crippen molar-refractivity contribution in [2.24, 2.45) is 5.92 Å². The van der Waals surface area contributed by atoms with Gasteiger partial charge in [-0.15, -0.1) is 0 Å². The minimum Gasteiger partial charge on any atom is -0.325 e. The predicted molar refractivity (Wildman–Crippen MR) is 70.4 cm³/mol. The summed E-state index contributed by atoms with van der Waals surface area (Å²) in [4.78, 5) is 12.0. The van der Waals surface area contributed by atoms with Crippen molar-refractivity contribution in [1.82, 2.24) is 5.32 Å². The Labute approximate surface area is 119 Å². The van der Waals surface area contributed by atoms with Gasteiger partial charge in [0, 0.05) is 5.92 Å². The number of nitriles is 1. The predicted octanol–water partition coefficient (Wildman–Crippen LogP) is 2.52. The molecule has 1 aromatic carbocycles. The van der Waals surface area contributed by atoms with Crippen molar-refractivity contribution in [2.45, 2.75) is 19.0 Å². The lowest BCUT2D eigenvalue weighted by Crippen LogP contribution is -2.35. The minimum absolute atomic E-state index is 0.0952. The van der Waals surface area contributed by atoms with Gasteiger partial charge in [-0.05, 0) is 44.1 Å². The van der Waals surface area contributed by atoms with Crippen LogP contribution in [0.1, 0.15) is 24.0 Å². The van der Waals surface area contributed by atoms with E-state index in [2.05, 4.69) is 10.6 Å². The highest BCUT2D eigenvalue weighted by Gasteiger charge is 2.35. The third kappa shape index (κ3) is 3.73. The van der Waals surface area contributed by atoms with Gasteiger partial charge in [-0.25, -0.2) is 0 Å². The fraction of sp³-hybridized carbons (Fsp3) is 0.429. The second-order valence-electron chi connectivity index (χ2n) is 4.88. The summed E-state index contributed by atoms with van der Waals surface area (Å²) < 4.78 is 39.0. The monoisotopic (exact) mass is 297 g/mol. The van der Waals surface area contributed by atoms with Gasteiger partial charge in [-0.3, -0.25) is 4.79 Å². The average Bonchev–Trinajstić information content (AvgIpc) is 2.47. The number of nitrogens with one attached hydrogen (secondary N) is 2. The van der Waals surface area contributed by atoms with Crippen molar-refractivity contribution < 1.29 is 18.0 Å². The van der Waals surface area contributed by atoms with Crippen molar-refractivity contribution in [1.29, 1.82) is 5.26 Å². The Morgan fingerprint density at radius 3 is 2.57 bits per heavy atom. The summed E-state index contributed by atoms with van der Waals surface area (Å²) in [5, 5.41) is 14.1. The van der Waals surface area contributed by atoms with E-state index >= 15 is 0 Å². The van der Waals surface area contributed by atoms with E-state index in [1.807, 2.05) is 0 Å². The number of anilines is 1. The first-order valence-electron chi connectivity index (χ1n) is 6.54. The maximum absolute atomic E-state index is 13.0. The first-order valence-corrected chi connectivity index (χ1v) is 6.54. The molecule has 1 heterocycles. The van der Waals surface area contributed by atoms with Crippen molar-refractivity contribution >= 4 is 11.6 Å². The molecule has 2 rings (SSSR count). The molecule has 2 N–H and O–H groups in total. The average molecular weight is 297 g/mol. The van der Waals surface area contributed by atoms with Gasteiger partial charge in [0.2, 0.25) is 5.91 Å². The van der Waals surface area contributed by atoms with Crippen LogP contribution in [0.2, 0.25) is 0 Å². The van der Waals surface area contributed by atoms with Crippen LogP contribution in [0.4, 0.5) is 18.9 Å². The van der Waals surface area contributed by atoms with Crippen LogP contribution in [-0.4, -0.2) is 19.0 Å². The number of hydrogen-bond acceptors (Lipinski definition) is 3. The summed E-state index contributed by atoms with van der Waals surface area (Å²) in [6.45, 7) is 1.36. The van der Waals surface area contributed by atoms with Gasteiger partial charge in [0.25, 0.3) is 0 Å². The minimum atomic E-state index is -4.62. The fourth-order valence-electron chi connectivity index (χ4n) is 2.28. The molecule has 21 heavy (non-hydrogen) atoms. The summed E-state index contributed by atoms with van der Waals surface area (Å²) in [7, 11) is 0. The summed E-state index contributed by atoms with van der Waals surface area (Å²) in [6.07, 6.45) is -3.42. The van der Waals surface area contributed by atoms with Gasteiger partial charge >= 0.3 is 6.18 Å². The lowest BCUT2D eigenvalue weighted by atomic mass is 9.97. The van der Waals surface area contributed by atoms with E-state index in [0.29, 0.717) is 25.9 Å². The molecule has 0 aliphatic carbocycles. The number of hydrogen-bond donors (Lipinski definition) is 2. The zero-order valence-corrected chi connectivity index (χ0v) is 11.1. The molecular weight excluding hydrogens is 283 g/mol. The van der Waals surface area contributed by atoms with Gasteiger partial charge in [0.15, 0.2) is 0 Å². The number of nitrogens with zero attached hydrogens (tertiary/aromatic N) is 1. The van der Waals surface area contributed by atoms with E-state index in [0.717, 1.165) is 12.1 Å².